The molecule has 0 aromatic heterocycles. The Labute approximate surface area is 102 Å². The number of hydrogen-bond acceptors (Lipinski definition) is 1. The number of rotatable bonds is 2. The Morgan fingerprint density at radius 2 is 1.88 bits per heavy atom. The highest BCUT2D eigenvalue weighted by Crippen LogP contribution is 2.32. The van der Waals surface area contributed by atoms with E-state index in [4.69, 9.17) is 5.73 Å². The molecule has 0 atom stereocenters. The summed E-state index contributed by atoms with van der Waals surface area (Å²) in [5.74, 6) is 0. The maximum atomic E-state index is 5.69. The smallest absolute Gasteiger partial charge is 0.0178 e. The van der Waals surface area contributed by atoms with Gasteiger partial charge in [-0.15, -0.1) is 0 Å². The summed E-state index contributed by atoms with van der Waals surface area (Å²) in [5.41, 5.74) is 12.3. The van der Waals surface area contributed by atoms with Crippen molar-refractivity contribution in [3.63, 3.8) is 0 Å². The average molecular weight is 221 g/mol. The van der Waals surface area contributed by atoms with Gasteiger partial charge in [0.15, 0.2) is 0 Å². The zero-order valence-electron chi connectivity index (χ0n) is 9.69. The summed E-state index contributed by atoms with van der Waals surface area (Å²) in [5, 5.41) is 0. The van der Waals surface area contributed by atoms with Crippen LogP contribution in [-0.2, 0) is 13.0 Å². The molecule has 0 unspecified atom stereocenters. The highest BCUT2D eigenvalue weighted by molar-refractivity contribution is 5.84. The molecule has 3 rings (SSSR count). The Hall–Kier alpha value is -1.86. The van der Waals surface area contributed by atoms with E-state index in [0.29, 0.717) is 6.54 Å². The van der Waals surface area contributed by atoms with E-state index in [0.717, 1.165) is 6.42 Å². The normalized spacial score (nSPS) is 13.4. The Balaban J connectivity index is 2.06. The van der Waals surface area contributed by atoms with Crippen molar-refractivity contribution in [3.05, 3.63) is 76.9 Å². The predicted octanol–water partition coefficient (Wildman–Crippen LogP) is 3.13. The van der Waals surface area contributed by atoms with Gasteiger partial charge < -0.3 is 5.73 Å². The molecule has 17 heavy (non-hydrogen) atoms. The van der Waals surface area contributed by atoms with Crippen LogP contribution in [0.2, 0.25) is 0 Å². The molecule has 0 heterocycles. The molecule has 2 aromatic rings. The van der Waals surface area contributed by atoms with E-state index >= 15 is 0 Å². The third kappa shape index (κ3) is 1.79. The van der Waals surface area contributed by atoms with E-state index in [2.05, 4.69) is 54.6 Å². The van der Waals surface area contributed by atoms with Crippen molar-refractivity contribution in [3.8, 4) is 0 Å². The van der Waals surface area contributed by atoms with E-state index in [-0.39, 0.29) is 0 Å². The van der Waals surface area contributed by atoms with Crippen LogP contribution < -0.4 is 5.73 Å². The second-order valence-electron chi connectivity index (χ2n) is 4.38. The Morgan fingerprint density at radius 3 is 2.76 bits per heavy atom. The molecule has 0 bridgehead atoms. The van der Waals surface area contributed by atoms with Crippen molar-refractivity contribution >= 4 is 5.57 Å². The Bertz CT molecular complexity index is 582. The van der Waals surface area contributed by atoms with E-state index in [1.165, 1.54) is 27.8 Å². The third-order valence-electron chi connectivity index (χ3n) is 3.31. The van der Waals surface area contributed by atoms with E-state index in [1.54, 1.807) is 0 Å². The molecule has 1 nitrogen and oxygen atoms in total. The molecule has 2 aromatic carbocycles. The molecule has 0 saturated carbocycles. The lowest BCUT2D eigenvalue weighted by Gasteiger charge is -2.07. The monoisotopic (exact) mass is 221 g/mol. The maximum absolute atomic E-state index is 5.69. The summed E-state index contributed by atoms with van der Waals surface area (Å²) in [6.07, 6.45) is 3.35. The van der Waals surface area contributed by atoms with Crippen LogP contribution in [0.25, 0.3) is 5.57 Å². The molecule has 0 amide bonds. The molecule has 0 spiro atoms. The van der Waals surface area contributed by atoms with Crippen LogP contribution in [0.4, 0.5) is 0 Å². The quantitative estimate of drug-likeness (QED) is 0.828. The van der Waals surface area contributed by atoms with Crippen LogP contribution in [0.3, 0.4) is 0 Å². The minimum atomic E-state index is 0.600. The van der Waals surface area contributed by atoms with Crippen molar-refractivity contribution in [2.24, 2.45) is 5.73 Å². The second-order valence-corrected chi connectivity index (χ2v) is 4.38. The molecule has 1 heteroatoms. The maximum Gasteiger partial charge on any atom is 0.0178 e. The predicted molar refractivity (Wildman–Crippen MR) is 71.6 cm³/mol. The van der Waals surface area contributed by atoms with Crippen molar-refractivity contribution in [1.82, 2.24) is 0 Å². The Kier molecular flexibility index (Phi) is 2.54. The Morgan fingerprint density at radius 1 is 1.00 bits per heavy atom. The zero-order chi connectivity index (χ0) is 11.7. The molecule has 0 fully saturated rings. The molecule has 84 valence electrons. The van der Waals surface area contributed by atoms with E-state index < -0.39 is 0 Å². The molecular weight excluding hydrogens is 206 g/mol. The van der Waals surface area contributed by atoms with Gasteiger partial charge in [0, 0.05) is 6.54 Å². The lowest BCUT2D eigenvalue weighted by Crippen LogP contribution is -1.97. The van der Waals surface area contributed by atoms with Crippen molar-refractivity contribution in [2.75, 3.05) is 0 Å². The fourth-order valence-corrected chi connectivity index (χ4v) is 2.42. The van der Waals surface area contributed by atoms with Crippen molar-refractivity contribution in [1.29, 1.82) is 0 Å². The second kappa shape index (κ2) is 4.19. The van der Waals surface area contributed by atoms with Gasteiger partial charge in [-0.25, -0.2) is 0 Å². The van der Waals surface area contributed by atoms with Crippen LogP contribution in [0.15, 0.2) is 54.6 Å². The van der Waals surface area contributed by atoms with E-state index in [9.17, 15) is 0 Å². The van der Waals surface area contributed by atoms with Gasteiger partial charge in [-0.3, -0.25) is 0 Å². The molecule has 0 saturated heterocycles. The molecule has 2 N–H and O–H groups in total. The van der Waals surface area contributed by atoms with Gasteiger partial charge in [-0.05, 0) is 40.3 Å². The van der Waals surface area contributed by atoms with Crippen LogP contribution in [-0.4, -0.2) is 0 Å². The number of nitrogens with two attached hydrogens (primary N) is 1. The lowest BCUT2D eigenvalue weighted by molar-refractivity contribution is 1.07. The molecule has 0 radical (unpaired) electrons. The summed E-state index contributed by atoms with van der Waals surface area (Å²) in [4.78, 5) is 0. The molecular formula is C16H15N. The van der Waals surface area contributed by atoms with Crippen LogP contribution in [0.1, 0.15) is 22.3 Å². The lowest BCUT2D eigenvalue weighted by atomic mass is 9.98. The topological polar surface area (TPSA) is 26.0 Å². The first-order chi connectivity index (χ1) is 8.38. The summed E-state index contributed by atoms with van der Waals surface area (Å²) in [6, 6.07) is 17.1. The van der Waals surface area contributed by atoms with Gasteiger partial charge in [0.2, 0.25) is 0 Å². The SMILES string of the molecule is NCc1cccc(C2=CCc3ccccc32)c1. The summed E-state index contributed by atoms with van der Waals surface area (Å²) in [6.45, 7) is 0.600. The standard InChI is InChI=1S/C16H15N/c17-11-12-4-3-6-14(10-12)16-9-8-13-5-1-2-7-15(13)16/h1-7,9-10H,8,11,17H2. The summed E-state index contributed by atoms with van der Waals surface area (Å²) in [7, 11) is 0. The highest BCUT2D eigenvalue weighted by atomic mass is 14.5. The number of allylic oxidation sites excluding steroid dienone is 1. The fourth-order valence-electron chi connectivity index (χ4n) is 2.42. The highest BCUT2D eigenvalue weighted by Gasteiger charge is 2.14. The zero-order valence-corrected chi connectivity index (χ0v) is 9.69. The first-order valence-electron chi connectivity index (χ1n) is 5.96. The molecule has 1 aliphatic carbocycles. The van der Waals surface area contributed by atoms with Gasteiger partial charge in [0.05, 0.1) is 0 Å². The van der Waals surface area contributed by atoms with Gasteiger partial charge in [0.25, 0.3) is 0 Å². The minimum Gasteiger partial charge on any atom is -0.326 e. The summed E-state index contributed by atoms with van der Waals surface area (Å²) >= 11 is 0. The van der Waals surface area contributed by atoms with Crippen LogP contribution in [0.5, 0.6) is 0 Å². The van der Waals surface area contributed by atoms with Crippen molar-refractivity contribution < 1.29 is 0 Å². The molecule has 0 aliphatic heterocycles. The number of fused-ring (bicyclic) bond motifs is 1. The number of hydrogen-bond donors (Lipinski definition) is 1. The van der Waals surface area contributed by atoms with E-state index in [1.807, 2.05) is 0 Å². The minimum absolute atomic E-state index is 0.600. The largest absolute Gasteiger partial charge is 0.326 e. The third-order valence-corrected chi connectivity index (χ3v) is 3.31. The summed E-state index contributed by atoms with van der Waals surface area (Å²) < 4.78 is 0. The molecule has 1 aliphatic rings. The van der Waals surface area contributed by atoms with Gasteiger partial charge in [-0.1, -0.05) is 48.5 Å². The fraction of sp³-hybridized carbons (Fsp3) is 0.125. The van der Waals surface area contributed by atoms with Crippen LogP contribution >= 0.6 is 0 Å². The number of benzene rings is 2. The van der Waals surface area contributed by atoms with Gasteiger partial charge in [0.1, 0.15) is 0 Å². The van der Waals surface area contributed by atoms with Gasteiger partial charge in [-0.2, -0.15) is 0 Å². The van der Waals surface area contributed by atoms with Crippen LogP contribution in [0, 0.1) is 0 Å². The van der Waals surface area contributed by atoms with Crippen molar-refractivity contribution in [2.45, 2.75) is 13.0 Å². The average Bonchev–Trinajstić information content (AvgIpc) is 2.82. The van der Waals surface area contributed by atoms with Gasteiger partial charge >= 0.3 is 0 Å². The first-order valence-corrected chi connectivity index (χ1v) is 5.96. The first kappa shape index (κ1) is 10.3.